The smallest absolute Gasteiger partial charge is 0.243 e. The van der Waals surface area contributed by atoms with Gasteiger partial charge in [0, 0.05) is 25.0 Å². The summed E-state index contributed by atoms with van der Waals surface area (Å²) < 4.78 is 27.3. The van der Waals surface area contributed by atoms with Gasteiger partial charge in [-0.15, -0.1) is 0 Å². The normalized spacial score (nSPS) is 19.5. The number of benzene rings is 1. The van der Waals surface area contributed by atoms with Crippen LogP contribution in [0.1, 0.15) is 44.2 Å². The summed E-state index contributed by atoms with van der Waals surface area (Å²) in [4.78, 5) is 12.5. The van der Waals surface area contributed by atoms with E-state index in [9.17, 15) is 13.2 Å². The molecular formula is C18H26N2O3S. The fourth-order valence-electron chi connectivity index (χ4n) is 3.62. The second kappa shape index (κ2) is 6.84. The van der Waals surface area contributed by atoms with Gasteiger partial charge >= 0.3 is 0 Å². The summed E-state index contributed by atoms with van der Waals surface area (Å²) in [6.07, 6.45) is 4.29. The van der Waals surface area contributed by atoms with E-state index in [2.05, 4.69) is 5.32 Å². The third-order valence-electron chi connectivity index (χ3n) is 4.96. The van der Waals surface area contributed by atoms with Gasteiger partial charge in [0.1, 0.15) is 0 Å². The van der Waals surface area contributed by atoms with Crippen LogP contribution in [-0.4, -0.2) is 37.8 Å². The van der Waals surface area contributed by atoms with Crippen molar-refractivity contribution in [3.8, 4) is 0 Å². The van der Waals surface area contributed by atoms with E-state index in [1.165, 1.54) is 15.4 Å². The summed E-state index contributed by atoms with van der Waals surface area (Å²) in [6, 6.07) is 5.65. The molecular weight excluding hydrogens is 324 g/mol. The molecule has 1 aliphatic heterocycles. The summed E-state index contributed by atoms with van der Waals surface area (Å²) in [5.74, 6) is -0.0431. The van der Waals surface area contributed by atoms with Crippen molar-refractivity contribution in [3.63, 3.8) is 0 Å². The molecule has 0 aromatic heterocycles. The second-order valence-corrected chi connectivity index (χ2v) is 9.06. The van der Waals surface area contributed by atoms with E-state index in [4.69, 9.17) is 0 Å². The number of rotatable bonds is 4. The summed E-state index contributed by atoms with van der Waals surface area (Å²) >= 11 is 0. The second-order valence-electron chi connectivity index (χ2n) is 7.13. The number of nitrogens with zero attached hydrogens (tertiary/aromatic N) is 1. The van der Waals surface area contributed by atoms with Gasteiger partial charge in [0.2, 0.25) is 15.9 Å². The Morgan fingerprint density at radius 2 is 1.83 bits per heavy atom. The molecule has 24 heavy (non-hydrogen) atoms. The Morgan fingerprint density at radius 3 is 2.50 bits per heavy atom. The predicted molar refractivity (Wildman–Crippen MR) is 93.2 cm³/mol. The monoisotopic (exact) mass is 350 g/mol. The molecule has 2 aliphatic rings. The fraction of sp³-hybridized carbons (Fsp3) is 0.611. The van der Waals surface area contributed by atoms with Gasteiger partial charge in [0.05, 0.1) is 4.90 Å². The summed E-state index contributed by atoms with van der Waals surface area (Å²) in [6.45, 7) is 4.70. The number of nitrogens with one attached hydrogen (secondary N) is 1. The zero-order chi connectivity index (χ0) is 17.3. The maximum absolute atomic E-state index is 12.9. The van der Waals surface area contributed by atoms with E-state index in [0.717, 1.165) is 19.3 Å². The molecule has 1 aromatic carbocycles. The molecule has 1 saturated heterocycles. The molecule has 1 aromatic rings. The van der Waals surface area contributed by atoms with E-state index in [1.807, 2.05) is 26.0 Å². The molecule has 0 saturated carbocycles. The third-order valence-corrected chi connectivity index (χ3v) is 6.86. The first-order valence-electron chi connectivity index (χ1n) is 8.80. The van der Waals surface area contributed by atoms with Gasteiger partial charge in [0.25, 0.3) is 0 Å². The zero-order valence-corrected chi connectivity index (χ0v) is 15.2. The minimum absolute atomic E-state index is 0.0413. The van der Waals surface area contributed by atoms with Gasteiger partial charge < -0.3 is 5.32 Å². The first-order valence-corrected chi connectivity index (χ1v) is 10.2. The number of amides is 1. The fourth-order valence-corrected chi connectivity index (χ4v) is 5.14. The van der Waals surface area contributed by atoms with Gasteiger partial charge in [-0.25, -0.2) is 8.42 Å². The number of fused-ring (bicyclic) bond motifs is 1. The zero-order valence-electron chi connectivity index (χ0n) is 14.4. The highest BCUT2D eigenvalue weighted by molar-refractivity contribution is 7.89. The summed E-state index contributed by atoms with van der Waals surface area (Å²) in [5.41, 5.74) is 2.44. The van der Waals surface area contributed by atoms with Crippen molar-refractivity contribution >= 4 is 15.9 Å². The number of piperidine rings is 1. The van der Waals surface area contributed by atoms with E-state index in [0.29, 0.717) is 30.8 Å². The average Bonchev–Trinajstić information content (AvgIpc) is 3.02. The van der Waals surface area contributed by atoms with Crippen LogP contribution in [-0.2, 0) is 27.7 Å². The summed E-state index contributed by atoms with van der Waals surface area (Å²) in [7, 11) is -3.45. The Hall–Kier alpha value is -1.40. The van der Waals surface area contributed by atoms with Gasteiger partial charge in [0.15, 0.2) is 0 Å². The van der Waals surface area contributed by atoms with Crippen molar-refractivity contribution < 1.29 is 13.2 Å². The van der Waals surface area contributed by atoms with E-state index in [1.54, 1.807) is 6.07 Å². The Kier molecular flexibility index (Phi) is 4.97. The van der Waals surface area contributed by atoms with Crippen LogP contribution < -0.4 is 5.32 Å². The van der Waals surface area contributed by atoms with Crippen molar-refractivity contribution in [2.24, 2.45) is 5.92 Å². The predicted octanol–water partition coefficient (Wildman–Crippen LogP) is 2.10. The topological polar surface area (TPSA) is 66.5 Å². The number of hydrogen-bond acceptors (Lipinski definition) is 3. The molecule has 1 heterocycles. The molecule has 0 unspecified atom stereocenters. The Labute approximate surface area is 144 Å². The molecule has 0 atom stereocenters. The lowest BCUT2D eigenvalue weighted by Crippen LogP contribution is -2.44. The maximum Gasteiger partial charge on any atom is 0.243 e. The van der Waals surface area contributed by atoms with Crippen molar-refractivity contribution in [2.45, 2.75) is 56.9 Å². The highest BCUT2D eigenvalue weighted by atomic mass is 32.2. The van der Waals surface area contributed by atoms with Crippen molar-refractivity contribution in [3.05, 3.63) is 29.3 Å². The number of sulfonamides is 1. The first-order chi connectivity index (χ1) is 11.4. The largest absolute Gasteiger partial charge is 0.354 e. The van der Waals surface area contributed by atoms with Gasteiger partial charge in [-0.3, -0.25) is 4.79 Å². The molecule has 0 bridgehead atoms. The van der Waals surface area contributed by atoms with E-state index >= 15 is 0 Å². The Morgan fingerprint density at radius 1 is 1.17 bits per heavy atom. The number of aryl methyl sites for hydroxylation is 2. The molecule has 1 fully saturated rings. The molecule has 3 rings (SSSR count). The lowest BCUT2D eigenvalue weighted by atomic mass is 9.97. The van der Waals surface area contributed by atoms with Crippen LogP contribution in [0.25, 0.3) is 0 Å². The Balaban J connectivity index is 1.68. The molecule has 1 amide bonds. The van der Waals surface area contributed by atoms with Gasteiger partial charge in [-0.2, -0.15) is 4.31 Å². The molecule has 0 radical (unpaired) electrons. The van der Waals surface area contributed by atoms with Crippen LogP contribution in [0.3, 0.4) is 0 Å². The highest BCUT2D eigenvalue weighted by Gasteiger charge is 2.32. The average molecular weight is 350 g/mol. The van der Waals surface area contributed by atoms with Gasteiger partial charge in [-0.05, 0) is 69.2 Å². The molecule has 1 aliphatic carbocycles. The third kappa shape index (κ3) is 3.49. The Bertz CT molecular complexity index is 720. The lowest BCUT2D eigenvalue weighted by Gasteiger charge is -2.31. The molecule has 6 heteroatoms. The molecule has 1 N–H and O–H groups in total. The first kappa shape index (κ1) is 17.4. The van der Waals surface area contributed by atoms with Gasteiger partial charge in [-0.1, -0.05) is 6.07 Å². The quantitative estimate of drug-likeness (QED) is 0.904. The maximum atomic E-state index is 12.9. The van der Waals surface area contributed by atoms with Crippen LogP contribution in [0.4, 0.5) is 0 Å². The molecule has 132 valence electrons. The minimum atomic E-state index is -3.45. The lowest BCUT2D eigenvalue weighted by molar-refractivity contribution is -0.126. The van der Waals surface area contributed by atoms with Crippen molar-refractivity contribution in [1.82, 2.24) is 9.62 Å². The minimum Gasteiger partial charge on any atom is -0.354 e. The van der Waals surface area contributed by atoms with Crippen LogP contribution >= 0.6 is 0 Å². The molecule has 0 spiro atoms. The number of carbonyl (C=O) groups is 1. The molecule has 5 nitrogen and oxygen atoms in total. The number of hydrogen-bond donors (Lipinski definition) is 1. The van der Waals surface area contributed by atoms with Crippen molar-refractivity contribution in [2.75, 3.05) is 13.1 Å². The van der Waals surface area contributed by atoms with Crippen LogP contribution in [0.2, 0.25) is 0 Å². The van der Waals surface area contributed by atoms with Crippen molar-refractivity contribution in [1.29, 1.82) is 0 Å². The van der Waals surface area contributed by atoms with Crippen LogP contribution in [0.15, 0.2) is 23.1 Å². The number of carbonyl (C=O) groups excluding carboxylic acids is 1. The highest BCUT2D eigenvalue weighted by Crippen LogP contribution is 2.28. The van der Waals surface area contributed by atoms with Crippen LogP contribution in [0, 0.1) is 5.92 Å². The standard InChI is InChI=1S/C18H26N2O3S/c1-13(2)19-18(21)15-8-10-20(11-9-15)24(22,23)17-7-6-14-4-3-5-16(14)12-17/h6-7,12-13,15H,3-5,8-11H2,1-2H3,(H,19,21). The summed E-state index contributed by atoms with van der Waals surface area (Å²) in [5, 5.41) is 2.92. The van der Waals surface area contributed by atoms with E-state index < -0.39 is 10.0 Å². The SMILES string of the molecule is CC(C)NC(=O)C1CCN(S(=O)(=O)c2ccc3c(c2)CCC3)CC1. The van der Waals surface area contributed by atoms with Crippen LogP contribution in [0.5, 0.6) is 0 Å². The van der Waals surface area contributed by atoms with E-state index in [-0.39, 0.29) is 17.9 Å².